The fourth-order valence-corrected chi connectivity index (χ4v) is 6.09. The van der Waals surface area contributed by atoms with Crippen molar-refractivity contribution >= 4 is 11.0 Å². The zero-order valence-electron chi connectivity index (χ0n) is 24.7. The normalized spacial score (nSPS) is 17.0. The number of nitrogens with one attached hydrogen (secondary N) is 1. The Hall–Kier alpha value is -4.99. The number of nitriles is 1. The molecule has 3 fully saturated rings. The summed E-state index contributed by atoms with van der Waals surface area (Å²) in [6.07, 6.45) is 7.58. The summed E-state index contributed by atoms with van der Waals surface area (Å²) in [7, 11) is 0. The maximum absolute atomic E-state index is 13.4. The molecule has 3 saturated carbocycles. The van der Waals surface area contributed by atoms with Gasteiger partial charge in [-0.05, 0) is 56.9 Å². The first-order chi connectivity index (χ1) is 22.4. The molecule has 0 bridgehead atoms. The van der Waals surface area contributed by atoms with E-state index in [0.717, 1.165) is 68.8 Å². The Morgan fingerprint density at radius 2 is 1.74 bits per heavy atom. The molecule has 234 valence electrons. The molecule has 3 aliphatic rings. The smallest absolute Gasteiger partial charge is 0.434 e. The lowest BCUT2D eigenvalue weighted by atomic mass is 10.1. The summed E-state index contributed by atoms with van der Waals surface area (Å²) in [5.41, 5.74) is 2.72. The molecule has 13 heteroatoms. The predicted octanol–water partition coefficient (Wildman–Crippen LogP) is 7.28. The van der Waals surface area contributed by atoms with E-state index >= 15 is 0 Å². The molecule has 0 aliphatic heterocycles. The first-order valence-corrected chi connectivity index (χ1v) is 15.5. The molecular formula is C33H29F3N8O2. The topological polar surface area (TPSA) is 127 Å². The van der Waals surface area contributed by atoms with Crippen molar-refractivity contribution in [2.75, 3.05) is 0 Å². The molecule has 46 heavy (non-hydrogen) atoms. The molecule has 4 aromatic heterocycles. The maximum Gasteiger partial charge on any atom is 0.434 e. The van der Waals surface area contributed by atoms with E-state index in [2.05, 4.69) is 26.0 Å². The minimum Gasteiger partial charge on any atom is -0.474 e. The zero-order valence-corrected chi connectivity index (χ0v) is 24.7. The van der Waals surface area contributed by atoms with Gasteiger partial charge in [-0.15, -0.1) is 0 Å². The highest BCUT2D eigenvalue weighted by atomic mass is 19.4. The lowest BCUT2D eigenvalue weighted by Gasteiger charge is -2.17. The summed E-state index contributed by atoms with van der Waals surface area (Å²) in [6, 6.07) is 9.28. The Balaban J connectivity index is 1.12. The van der Waals surface area contributed by atoms with Crippen LogP contribution in [0.5, 0.6) is 11.8 Å². The van der Waals surface area contributed by atoms with Crippen molar-refractivity contribution < 1.29 is 22.6 Å². The third-order valence-corrected chi connectivity index (χ3v) is 8.78. The van der Waals surface area contributed by atoms with Crippen molar-refractivity contribution in [2.45, 2.75) is 82.2 Å². The molecular weight excluding hydrogens is 597 g/mol. The van der Waals surface area contributed by atoms with Crippen LogP contribution < -0.4 is 9.47 Å². The number of fused-ring (bicyclic) bond motifs is 1. The highest BCUT2D eigenvalue weighted by Crippen LogP contribution is 2.46. The maximum atomic E-state index is 13.4. The van der Waals surface area contributed by atoms with Crippen molar-refractivity contribution in [3.8, 4) is 40.6 Å². The van der Waals surface area contributed by atoms with Gasteiger partial charge in [0.1, 0.15) is 42.1 Å². The fourth-order valence-electron chi connectivity index (χ4n) is 6.09. The monoisotopic (exact) mass is 626 g/mol. The standard InChI is InChI=1S/C33H29F3N8O2/c34-33(35,36)24-15-44(22-11-12-22)30(41-24)20-7-5-18(6-8-20)16-45-32-25-21(13-37)14-38-28(25)42-29(43-32)26-27(19-9-10-19)39-17-40-31(26)46-23-3-1-2-4-23/h5-8,14-15,17,19,22-23H,1-4,9-12,16H2,(H,38,42,43). The average molecular weight is 627 g/mol. The van der Waals surface area contributed by atoms with Gasteiger partial charge in [0.05, 0.1) is 16.6 Å². The van der Waals surface area contributed by atoms with E-state index < -0.39 is 11.9 Å². The van der Waals surface area contributed by atoms with Gasteiger partial charge in [0.2, 0.25) is 11.8 Å². The van der Waals surface area contributed by atoms with Gasteiger partial charge in [-0.25, -0.2) is 19.9 Å². The summed E-state index contributed by atoms with van der Waals surface area (Å²) in [6.45, 7) is 0.0962. The largest absolute Gasteiger partial charge is 0.474 e. The van der Waals surface area contributed by atoms with Crippen LogP contribution in [0.2, 0.25) is 0 Å². The molecule has 1 aromatic carbocycles. The van der Waals surface area contributed by atoms with Crippen molar-refractivity contribution in [1.82, 2.24) is 34.5 Å². The van der Waals surface area contributed by atoms with Crippen LogP contribution in [0.1, 0.15) is 85.8 Å². The Bertz CT molecular complexity index is 1960. The van der Waals surface area contributed by atoms with Crippen LogP contribution in [-0.4, -0.2) is 40.6 Å². The summed E-state index contributed by atoms with van der Waals surface area (Å²) in [5.74, 6) is 1.59. The van der Waals surface area contributed by atoms with Crippen LogP contribution in [0, 0.1) is 11.3 Å². The molecule has 5 aromatic rings. The number of ether oxygens (including phenoxy) is 2. The van der Waals surface area contributed by atoms with Crippen LogP contribution in [-0.2, 0) is 12.8 Å². The number of aromatic amines is 1. The van der Waals surface area contributed by atoms with E-state index in [0.29, 0.717) is 45.3 Å². The highest BCUT2D eigenvalue weighted by Gasteiger charge is 2.37. The molecule has 0 atom stereocenters. The van der Waals surface area contributed by atoms with Crippen molar-refractivity contribution in [1.29, 1.82) is 5.26 Å². The minimum absolute atomic E-state index is 0.0335. The van der Waals surface area contributed by atoms with Gasteiger partial charge in [-0.3, -0.25) is 0 Å². The van der Waals surface area contributed by atoms with Gasteiger partial charge in [-0.2, -0.15) is 23.4 Å². The third kappa shape index (κ3) is 5.42. The van der Waals surface area contributed by atoms with Crippen LogP contribution in [0.3, 0.4) is 0 Å². The molecule has 0 saturated heterocycles. The number of nitrogens with zero attached hydrogens (tertiary/aromatic N) is 7. The molecule has 0 amide bonds. The number of hydrogen-bond donors (Lipinski definition) is 1. The van der Waals surface area contributed by atoms with Gasteiger partial charge in [-0.1, -0.05) is 24.3 Å². The van der Waals surface area contributed by atoms with E-state index in [1.807, 2.05) is 0 Å². The van der Waals surface area contributed by atoms with E-state index in [-0.39, 0.29) is 30.6 Å². The molecule has 1 N–H and O–H groups in total. The van der Waals surface area contributed by atoms with Crippen molar-refractivity contribution in [2.24, 2.45) is 0 Å². The van der Waals surface area contributed by atoms with Gasteiger partial charge in [0, 0.05) is 29.9 Å². The van der Waals surface area contributed by atoms with E-state index in [1.54, 1.807) is 35.0 Å². The summed E-state index contributed by atoms with van der Waals surface area (Å²) >= 11 is 0. The summed E-state index contributed by atoms with van der Waals surface area (Å²) in [5, 5.41) is 10.3. The summed E-state index contributed by atoms with van der Waals surface area (Å²) in [4.78, 5) is 25.7. The lowest BCUT2D eigenvalue weighted by Crippen LogP contribution is -2.14. The SMILES string of the molecule is N#Cc1c[nH]c2nc(-c3c(OC4CCCC4)ncnc3C3CC3)nc(OCc3ccc(-c4nc(C(F)(F)F)cn4C4CC4)cc3)c12. The molecule has 3 aliphatic carbocycles. The first-order valence-electron chi connectivity index (χ1n) is 15.5. The van der Waals surface area contributed by atoms with Crippen LogP contribution in [0.15, 0.2) is 43.0 Å². The molecule has 0 unspecified atom stereocenters. The Labute approximate surface area is 261 Å². The number of alkyl halides is 3. The van der Waals surface area contributed by atoms with Gasteiger partial charge in [0.25, 0.3) is 0 Å². The Morgan fingerprint density at radius 3 is 2.43 bits per heavy atom. The lowest BCUT2D eigenvalue weighted by molar-refractivity contribution is -0.140. The molecule has 8 rings (SSSR count). The molecule has 10 nitrogen and oxygen atoms in total. The summed E-state index contributed by atoms with van der Waals surface area (Å²) < 4.78 is 54.5. The van der Waals surface area contributed by atoms with Gasteiger partial charge < -0.3 is 19.0 Å². The zero-order chi connectivity index (χ0) is 31.4. The number of benzene rings is 1. The number of halogens is 3. The van der Waals surface area contributed by atoms with E-state index in [4.69, 9.17) is 19.4 Å². The molecule has 0 radical (unpaired) electrons. The van der Waals surface area contributed by atoms with Crippen LogP contribution in [0.4, 0.5) is 13.2 Å². The second-order valence-electron chi connectivity index (χ2n) is 12.2. The molecule has 4 heterocycles. The van der Waals surface area contributed by atoms with Crippen LogP contribution in [0.25, 0.3) is 33.8 Å². The highest BCUT2D eigenvalue weighted by molar-refractivity contribution is 5.89. The predicted molar refractivity (Wildman–Crippen MR) is 160 cm³/mol. The van der Waals surface area contributed by atoms with Crippen molar-refractivity contribution in [3.05, 3.63) is 65.5 Å². The van der Waals surface area contributed by atoms with Crippen molar-refractivity contribution in [3.63, 3.8) is 0 Å². The first kappa shape index (κ1) is 28.5. The van der Waals surface area contributed by atoms with E-state index in [1.165, 1.54) is 6.33 Å². The molecule has 0 spiro atoms. The quantitative estimate of drug-likeness (QED) is 0.181. The number of rotatable bonds is 9. The van der Waals surface area contributed by atoms with Gasteiger partial charge in [0.15, 0.2) is 11.5 Å². The second-order valence-corrected chi connectivity index (χ2v) is 12.2. The number of aromatic nitrogens is 7. The second kappa shape index (κ2) is 11.1. The fraction of sp³-hybridized carbons (Fsp3) is 0.394. The number of H-pyrrole nitrogens is 1. The van der Waals surface area contributed by atoms with Gasteiger partial charge >= 0.3 is 6.18 Å². The number of hydrogen-bond acceptors (Lipinski definition) is 8. The number of imidazole rings is 1. The Morgan fingerprint density at radius 1 is 0.957 bits per heavy atom. The van der Waals surface area contributed by atoms with E-state index in [9.17, 15) is 18.4 Å². The minimum atomic E-state index is -4.51. The average Bonchev–Trinajstić information content (AvgIpc) is 3.94. The third-order valence-electron chi connectivity index (χ3n) is 8.78. The Kier molecular flexibility index (Phi) is 6.88. The van der Waals surface area contributed by atoms with Crippen LogP contribution >= 0.6 is 0 Å².